The molecule has 0 saturated carbocycles. The van der Waals surface area contributed by atoms with Crippen molar-refractivity contribution >= 4 is 27.5 Å². The maximum absolute atomic E-state index is 12.1. The van der Waals surface area contributed by atoms with Crippen LogP contribution in [0.5, 0.6) is 0 Å². The van der Waals surface area contributed by atoms with Crippen LogP contribution in [0, 0.1) is 0 Å². The summed E-state index contributed by atoms with van der Waals surface area (Å²) in [6, 6.07) is 14.8. The van der Waals surface area contributed by atoms with Gasteiger partial charge < -0.3 is 11.1 Å². The second kappa shape index (κ2) is 5.89. The van der Waals surface area contributed by atoms with E-state index in [9.17, 15) is 4.79 Å². The van der Waals surface area contributed by atoms with Crippen molar-refractivity contribution in [3.05, 3.63) is 64.1 Å². The highest BCUT2D eigenvalue weighted by Crippen LogP contribution is 2.18. The van der Waals surface area contributed by atoms with Gasteiger partial charge in [-0.1, -0.05) is 34.1 Å². The van der Waals surface area contributed by atoms with Gasteiger partial charge in [-0.05, 0) is 42.8 Å². The van der Waals surface area contributed by atoms with Gasteiger partial charge in [0, 0.05) is 15.7 Å². The number of nitrogen functional groups attached to an aromatic ring is 1. The van der Waals surface area contributed by atoms with Crippen LogP contribution < -0.4 is 11.1 Å². The van der Waals surface area contributed by atoms with E-state index in [1.807, 2.05) is 31.2 Å². The van der Waals surface area contributed by atoms with Gasteiger partial charge in [0.25, 0.3) is 5.91 Å². The van der Waals surface area contributed by atoms with E-state index in [0.717, 1.165) is 10.0 Å². The van der Waals surface area contributed by atoms with Crippen molar-refractivity contribution in [2.24, 2.45) is 0 Å². The van der Waals surface area contributed by atoms with E-state index in [-0.39, 0.29) is 11.9 Å². The fourth-order valence-corrected chi connectivity index (χ4v) is 2.24. The fourth-order valence-electron chi connectivity index (χ4n) is 1.82. The number of nitrogens with one attached hydrogen (secondary N) is 1. The van der Waals surface area contributed by atoms with Crippen LogP contribution in [-0.4, -0.2) is 5.91 Å². The summed E-state index contributed by atoms with van der Waals surface area (Å²) in [6.45, 7) is 1.95. The first-order valence-corrected chi connectivity index (χ1v) is 6.77. The molecule has 0 radical (unpaired) electrons. The second-order valence-electron chi connectivity index (χ2n) is 4.38. The number of amides is 1. The Morgan fingerprint density at radius 3 is 2.63 bits per heavy atom. The van der Waals surface area contributed by atoms with Crippen molar-refractivity contribution in [2.45, 2.75) is 13.0 Å². The van der Waals surface area contributed by atoms with Crippen molar-refractivity contribution in [1.29, 1.82) is 0 Å². The van der Waals surface area contributed by atoms with Crippen molar-refractivity contribution in [1.82, 2.24) is 5.32 Å². The topological polar surface area (TPSA) is 55.1 Å². The van der Waals surface area contributed by atoms with E-state index in [1.165, 1.54) is 0 Å². The molecule has 4 heteroatoms. The Hall–Kier alpha value is -1.81. The number of benzene rings is 2. The second-order valence-corrected chi connectivity index (χ2v) is 5.29. The minimum absolute atomic E-state index is 0.0635. The molecular weight excluding hydrogens is 304 g/mol. The summed E-state index contributed by atoms with van der Waals surface area (Å²) in [6.07, 6.45) is 0. The average Bonchev–Trinajstić information content (AvgIpc) is 2.38. The number of rotatable bonds is 3. The molecule has 98 valence electrons. The van der Waals surface area contributed by atoms with Gasteiger partial charge in [-0.25, -0.2) is 0 Å². The highest BCUT2D eigenvalue weighted by atomic mass is 79.9. The first kappa shape index (κ1) is 13.6. The normalized spacial score (nSPS) is 11.9. The third kappa shape index (κ3) is 3.58. The third-order valence-electron chi connectivity index (χ3n) is 2.85. The van der Waals surface area contributed by atoms with Crippen LogP contribution in [-0.2, 0) is 0 Å². The monoisotopic (exact) mass is 318 g/mol. The first-order valence-electron chi connectivity index (χ1n) is 5.98. The minimum atomic E-state index is -0.125. The summed E-state index contributed by atoms with van der Waals surface area (Å²) < 4.78 is 0.995. The zero-order chi connectivity index (χ0) is 13.8. The lowest BCUT2D eigenvalue weighted by molar-refractivity contribution is 0.0940. The standard InChI is InChI=1S/C15H15BrN2O/c1-10(11-4-2-6-13(16)8-11)18-15(19)12-5-3-7-14(17)9-12/h2-10H,17H2,1H3,(H,18,19)/t10-/m0/s1. The molecule has 0 aliphatic rings. The molecule has 0 saturated heterocycles. The van der Waals surface area contributed by atoms with Crippen LogP contribution >= 0.6 is 15.9 Å². The summed E-state index contributed by atoms with van der Waals surface area (Å²) in [7, 11) is 0. The number of carbonyl (C=O) groups is 1. The summed E-state index contributed by atoms with van der Waals surface area (Å²) >= 11 is 3.42. The molecule has 0 heterocycles. The number of carbonyl (C=O) groups excluding carboxylic acids is 1. The van der Waals surface area contributed by atoms with E-state index in [0.29, 0.717) is 11.3 Å². The molecule has 0 aliphatic heterocycles. The third-order valence-corrected chi connectivity index (χ3v) is 3.34. The molecule has 1 amide bonds. The summed E-state index contributed by atoms with van der Waals surface area (Å²) in [5.74, 6) is -0.125. The molecule has 3 nitrogen and oxygen atoms in total. The number of anilines is 1. The van der Waals surface area contributed by atoms with Gasteiger partial charge in [0.15, 0.2) is 0 Å². The van der Waals surface area contributed by atoms with Crippen LogP contribution in [0.4, 0.5) is 5.69 Å². The lowest BCUT2D eigenvalue weighted by Crippen LogP contribution is -2.26. The van der Waals surface area contributed by atoms with E-state index in [4.69, 9.17) is 5.73 Å². The van der Waals surface area contributed by atoms with E-state index < -0.39 is 0 Å². The lowest BCUT2D eigenvalue weighted by Gasteiger charge is -2.15. The Morgan fingerprint density at radius 1 is 1.21 bits per heavy atom. The van der Waals surface area contributed by atoms with Crippen molar-refractivity contribution in [3.63, 3.8) is 0 Å². The Kier molecular flexibility index (Phi) is 4.22. The molecule has 0 bridgehead atoms. The quantitative estimate of drug-likeness (QED) is 0.851. The molecule has 0 aliphatic carbocycles. The molecule has 2 aromatic carbocycles. The number of hydrogen-bond acceptors (Lipinski definition) is 2. The number of nitrogens with two attached hydrogens (primary N) is 1. The van der Waals surface area contributed by atoms with Crippen molar-refractivity contribution in [3.8, 4) is 0 Å². The lowest BCUT2D eigenvalue weighted by atomic mass is 10.1. The molecule has 2 aromatic rings. The highest BCUT2D eigenvalue weighted by molar-refractivity contribution is 9.10. The zero-order valence-corrected chi connectivity index (χ0v) is 12.1. The van der Waals surface area contributed by atoms with Gasteiger partial charge in [-0.3, -0.25) is 4.79 Å². The molecule has 0 spiro atoms. The van der Waals surface area contributed by atoms with E-state index in [1.54, 1.807) is 24.3 Å². The molecular formula is C15H15BrN2O. The Morgan fingerprint density at radius 2 is 1.95 bits per heavy atom. The summed E-state index contributed by atoms with van der Waals surface area (Å²) in [5.41, 5.74) is 7.88. The number of hydrogen-bond donors (Lipinski definition) is 2. The van der Waals surface area contributed by atoms with Gasteiger partial charge in [-0.2, -0.15) is 0 Å². The Balaban J connectivity index is 2.11. The maximum Gasteiger partial charge on any atom is 0.251 e. The average molecular weight is 319 g/mol. The minimum Gasteiger partial charge on any atom is -0.399 e. The van der Waals surface area contributed by atoms with E-state index >= 15 is 0 Å². The fraction of sp³-hybridized carbons (Fsp3) is 0.133. The summed E-state index contributed by atoms with van der Waals surface area (Å²) in [4.78, 5) is 12.1. The summed E-state index contributed by atoms with van der Waals surface area (Å²) in [5, 5.41) is 2.95. The predicted octanol–water partition coefficient (Wildman–Crippen LogP) is 3.52. The molecule has 19 heavy (non-hydrogen) atoms. The molecule has 0 unspecified atom stereocenters. The largest absolute Gasteiger partial charge is 0.399 e. The van der Waals surface area contributed by atoms with Crippen molar-refractivity contribution in [2.75, 3.05) is 5.73 Å². The Labute approximate surface area is 121 Å². The Bertz CT molecular complexity index is 598. The van der Waals surface area contributed by atoms with Crippen LogP contribution in [0.3, 0.4) is 0 Å². The molecule has 2 rings (SSSR count). The molecule has 1 atom stereocenters. The van der Waals surface area contributed by atoms with Gasteiger partial charge in [0.05, 0.1) is 6.04 Å². The SMILES string of the molecule is C[C@H](NC(=O)c1cccc(N)c1)c1cccc(Br)c1. The first-order chi connectivity index (χ1) is 9.06. The zero-order valence-electron chi connectivity index (χ0n) is 10.6. The number of halogens is 1. The predicted molar refractivity (Wildman–Crippen MR) is 80.9 cm³/mol. The van der Waals surface area contributed by atoms with Gasteiger partial charge >= 0.3 is 0 Å². The van der Waals surface area contributed by atoms with Crippen LogP contribution in [0.1, 0.15) is 28.9 Å². The van der Waals surface area contributed by atoms with Gasteiger partial charge in [0.2, 0.25) is 0 Å². The van der Waals surface area contributed by atoms with Crippen molar-refractivity contribution < 1.29 is 4.79 Å². The highest BCUT2D eigenvalue weighted by Gasteiger charge is 2.11. The van der Waals surface area contributed by atoms with Crippen LogP contribution in [0.2, 0.25) is 0 Å². The smallest absolute Gasteiger partial charge is 0.251 e. The molecule has 3 N–H and O–H groups in total. The van der Waals surface area contributed by atoms with Crippen LogP contribution in [0.25, 0.3) is 0 Å². The molecule has 0 fully saturated rings. The van der Waals surface area contributed by atoms with E-state index in [2.05, 4.69) is 21.2 Å². The van der Waals surface area contributed by atoms with Gasteiger partial charge in [-0.15, -0.1) is 0 Å². The molecule has 0 aromatic heterocycles. The maximum atomic E-state index is 12.1. The van der Waals surface area contributed by atoms with Crippen LogP contribution in [0.15, 0.2) is 53.0 Å². The van der Waals surface area contributed by atoms with Gasteiger partial charge in [0.1, 0.15) is 0 Å².